The minimum Gasteiger partial charge on any atom is -0.480 e. The Bertz CT molecular complexity index is 1120. The number of carboxylic acids is 1. The molecule has 0 saturated carbocycles. The van der Waals surface area contributed by atoms with Crippen molar-refractivity contribution in [2.75, 3.05) is 24.2 Å². The molecule has 162 valence electrons. The summed E-state index contributed by atoms with van der Waals surface area (Å²) in [6.45, 7) is -0.144. The van der Waals surface area contributed by atoms with Gasteiger partial charge in [0.25, 0.3) is 0 Å². The van der Waals surface area contributed by atoms with E-state index in [1.165, 1.54) is 22.8 Å². The number of anilines is 2. The number of aromatic nitrogens is 2. The van der Waals surface area contributed by atoms with Crippen LogP contribution in [0.4, 0.5) is 11.5 Å². The molecule has 0 fully saturated rings. The van der Waals surface area contributed by atoms with Gasteiger partial charge < -0.3 is 15.7 Å². The van der Waals surface area contributed by atoms with Crippen molar-refractivity contribution in [3.05, 3.63) is 78.2 Å². The van der Waals surface area contributed by atoms with Crippen LogP contribution >= 0.6 is 0 Å². The highest BCUT2D eigenvalue weighted by Crippen LogP contribution is 2.21. The van der Waals surface area contributed by atoms with Crippen LogP contribution in [0.1, 0.15) is 11.3 Å². The Kier molecular flexibility index (Phi) is 7.16. The zero-order chi connectivity index (χ0) is 22.3. The Morgan fingerprint density at radius 2 is 1.84 bits per heavy atom. The number of benzene rings is 1. The van der Waals surface area contributed by atoms with Gasteiger partial charge in [-0.3, -0.25) is 9.78 Å². The fourth-order valence-corrected chi connectivity index (χ4v) is 4.23. The first-order valence-corrected chi connectivity index (χ1v) is 10.9. The summed E-state index contributed by atoms with van der Waals surface area (Å²) in [5, 5.41) is 14.6. The molecule has 0 radical (unpaired) electrons. The summed E-state index contributed by atoms with van der Waals surface area (Å²) in [7, 11) is -2.04. The van der Waals surface area contributed by atoms with Gasteiger partial charge >= 0.3 is 5.97 Å². The van der Waals surface area contributed by atoms with Crippen LogP contribution in [-0.2, 0) is 27.9 Å². The van der Waals surface area contributed by atoms with Crippen LogP contribution < -0.4 is 10.6 Å². The van der Waals surface area contributed by atoms with Crippen LogP contribution in [0.3, 0.4) is 0 Å². The average Bonchev–Trinajstić information content (AvgIpc) is 2.78. The maximum atomic E-state index is 13.3. The highest BCUT2D eigenvalue weighted by Gasteiger charge is 2.25. The van der Waals surface area contributed by atoms with Gasteiger partial charge in [-0.1, -0.05) is 18.2 Å². The summed E-state index contributed by atoms with van der Waals surface area (Å²) in [6, 6.07) is 15.6. The van der Waals surface area contributed by atoms with Crippen molar-refractivity contribution in [2.45, 2.75) is 18.0 Å². The van der Waals surface area contributed by atoms with E-state index in [0.29, 0.717) is 11.5 Å². The van der Waals surface area contributed by atoms with E-state index >= 15 is 0 Å². The molecule has 3 aromatic rings. The van der Waals surface area contributed by atoms with E-state index in [0.717, 1.165) is 11.3 Å². The molecule has 0 bridgehead atoms. The number of hydrogen-bond donors (Lipinski definition) is 3. The van der Waals surface area contributed by atoms with E-state index in [1.807, 2.05) is 31.3 Å². The maximum Gasteiger partial charge on any atom is 0.322 e. The number of carboxylic acid groups (broad SMARTS) is 1. The summed E-state index contributed by atoms with van der Waals surface area (Å²) in [5.41, 5.74) is 2.21. The fraction of sp³-hybridized carbons (Fsp3) is 0.190. The van der Waals surface area contributed by atoms with Crippen LogP contribution in [0.25, 0.3) is 0 Å². The molecule has 9 nitrogen and oxygen atoms in total. The lowest BCUT2D eigenvalue weighted by atomic mass is 10.2. The largest absolute Gasteiger partial charge is 0.480 e. The molecule has 2 heterocycles. The number of pyridine rings is 2. The molecule has 1 aromatic carbocycles. The standard InChI is InChI=1S/C21H23N5O4S/c1-22-17-9-7-16(8-10-17)14-26(31(29,30)19-5-3-11-23-12-19)15-18-4-2-6-20(25-18)24-13-21(27)28/h2-12,22H,13-15H2,1H3,(H,24,25)(H,27,28). The van der Waals surface area contributed by atoms with E-state index in [4.69, 9.17) is 5.11 Å². The Hall–Kier alpha value is -3.50. The Labute approximate surface area is 180 Å². The second kappa shape index (κ2) is 10.0. The molecule has 0 atom stereocenters. The molecule has 2 aromatic heterocycles. The van der Waals surface area contributed by atoms with Gasteiger partial charge in [0.05, 0.1) is 12.2 Å². The van der Waals surface area contributed by atoms with Crippen molar-refractivity contribution in [3.63, 3.8) is 0 Å². The molecule has 0 amide bonds. The van der Waals surface area contributed by atoms with Gasteiger partial charge in [0, 0.05) is 31.7 Å². The summed E-state index contributed by atoms with van der Waals surface area (Å²) < 4.78 is 28.0. The van der Waals surface area contributed by atoms with Crippen LogP contribution in [0.2, 0.25) is 0 Å². The second-order valence-electron chi connectivity index (χ2n) is 6.67. The number of rotatable bonds is 10. The minimum atomic E-state index is -3.85. The van der Waals surface area contributed by atoms with Crippen molar-refractivity contribution in [1.29, 1.82) is 0 Å². The predicted octanol–water partition coefficient (Wildman–Crippen LogP) is 2.41. The van der Waals surface area contributed by atoms with Crippen LogP contribution in [-0.4, -0.2) is 47.4 Å². The molecule has 3 N–H and O–H groups in total. The van der Waals surface area contributed by atoms with Gasteiger partial charge in [0.15, 0.2) is 0 Å². The topological polar surface area (TPSA) is 125 Å². The Morgan fingerprint density at radius 1 is 1.06 bits per heavy atom. The highest BCUT2D eigenvalue weighted by atomic mass is 32.2. The van der Waals surface area contributed by atoms with E-state index in [9.17, 15) is 13.2 Å². The lowest BCUT2D eigenvalue weighted by Crippen LogP contribution is -2.30. The number of sulfonamides is 1. The van der Waals surface area contributed by atoms with Gasteiger partial charge in [0.2, 0.25) is 10.0 Å². The molecular formula is C21H23N5O4S. The zero-order valence-electron chi connectivity index (χ0n) is 16.9. The Balaban J connectivity index is 1.90. The second-order valence-corrected chi connectivity index (χ2v) is 8.61. The smallest absolute Gasteiger partial charge is 0.322 e. The monoisotopic (exact) mass is 441 g/mol. The van der Waals surface area contributed by atoms with E-state index in [-0.39, 0.29) is 24.5 Å². The van der Waals surface area contributed by atoms with Gasteiger partial charge in [-0.15, -0.1) is 0 Å². The summed E-state index contributed by atoms with van der Waals surface area (Å²) in [6.07, 6.45) is 2.82. The van der Waals surface area contributed by atoms with E-state index in [1.54, 1.807) is 24.3 Å². The highest BCUT2D eigenvalue weighted by molar-refractivity contribution is 7.89. The molecule has 3 rings (SSSR count). The third-order valence-electron chi connectivity index (χ3n) is 4.44. The molecule has 31 heavy (non-hydrogen) atoms. The predicted molar refractivity (Wildman–Crippen MR) is 117 cm³/mol. The third-order valence-corrected chi connectivity index (χ3v) is 6.21. The first-order valence-electron chi connectivity index (χ1n) is 9.47. The van der Waals surface area contributed by atoms with Gasteiger partial charge in [-0.25, -0.2) is 13.4 Å². The number of aliphatic carboxylic acids is 1. The van der Waals surface area contributed by atoms with Gasteiger partial charge in [-0.2, -0.15) is 4.31 Å². The normalized spacial score (nSPS) is 11.3. The van der Waals surface area contributed by atoms with Crippen LogP contribution in [0.15, 0.2) is 71.9 Å². The van der Waals surface area contributed by atoms with Gasteiger partial charge in [-0.05, 0) is 42.0 Å². The number of nitrogens with zero attached hydrogens (tertiary/aromatic N) is 3. The van der Waals surface area contributed by atoms with Gasteiger partial charge in [0.1, 0.15) is 17.3 Å². The first-order chi connectivity index (χ1) is 14.9. The molecule has 0 aliphatic carbocycles. The zero-order valence-corrected chi connectivity index (χ0v) is 17.7. The summed E-state index contributed by atoms with van der Waals surface area (Å²) >= 11 is 0. The molecule has 0 aliphatic rings. The van der Waals surface area contributed by atoms with Crippen LogP contribution in [0.5, 0.6) is 0 Å². The maximum absolute atomic E-state index is 13.3. The van der Waals surface area contributed by atoms with Crippen molar-refractivity contribution in [1.82, 2.24) is 14.3 Å². The number of hydrogen-bond acceptors (Lipinski definition) is 7. The van der Waals surface area contributed by atoms with E-state index < -0.39 is 16.0 Å². The average molecular weight is 442 g/mol. The summed E-state index contributed by atoms with van der Waals surface area (Å²) in [4.78, 5) is 19.2. The lowest BCUT2D eigenvalue weighted by molar-refractivity contribution is -0.134. The van der Waals surface area contributed by atoms with Crippen molar-refractivity contribution < 1.29 is 18.3 Å². The minimum absolute atomic E-state index is 0.00754. The third kappa shape index (κ3) is 6.00. The lowest BCUT2D eigenvalue weighted by Gasteiger charge is -2.22. The molecule has 0 spiro atoms. The molecule has 0 aliphatic heterocycles. The Morgan fingerprint density at radius 3 is 2.48 bits per heavy atom. The van der Waals surface area contributed by atoms with E-state index in [2.05, 4.69) is 20.6 Å². The first kappa shape index (κ1) is 22.2. The quantitative estimate of drug-likeness (QED) is 0.438. The van der Waals surface area contributed by atoms with Crippen LogP contribution in [0, 0.1) is 0 Å². The molecule has 0 saturated heterocycles. The number of nitrogens with one attached hydrogen (secondary N) is 2. The van der Waals surface area contributed by atoms with Crippen molar-refractivity contribution in [2.24, 2.45) is 0 Å². The van der Waals surface area contributed by atoms with Crippen molar-refractivity contribution >= 4 is 27.5 Å². The fourth-order valence-electron chi connectivity index (χ4n) is 2.87. The summed E-state index contributed by atoms with van der Waals surface area (Å²) in [5.74, 6) is -0.657. The molecular weight excluding hydrogens is 418 g/mol. The van der Waals surface area contributed by atoms with Crippen molar-refractivity contribution in [3.8, 4) is 0 Å². The molecule has 10 heteroatoms. The SMILES string of the molecule is CNc1ccc(CN(Cc2cccc(NCC(=O)O)n2)S(=O)(=O)c2cccnc2)cc1. The number of carbonyl (C=O) groups is 1. The molecule has 0 unspecified atom stereocenters.